The second-order valence-electron chi connectivity index (χ2n) is 6.49. The van der Waals surface area contributed by atoms with Gasteiger partial charge in [-0.25, -0.2) is 4.79 Å². The Morgan fingerprint density at radius 2 is 1.89 bits per heavy atom. The van der Waals surface area contributed by atoms with Crippen LogP contribution in [-0.4, -0.2) is 40.7 Å². The van der Waals surface area contributed by atoms with E-state index in [9.17, 15) is 14.4 Å². The summed E-state index contributed by atoms with van der Waals surface area (Å²) in [6, 6.07) is 14.4. The molecule has 6 nitrogen and oxygen atoms in total. The Morgan fingerprint density at radius 1 is 1.15 bits per heavy atom. The molecule has 0 radical (unpaired) electrons. The third-order valence-corrected chi connectivity index (χ3v) is 4.69. The molecule has 0 bridgehead atoms. The van der Waals surface area contributed by atoms with Gasteiger partial charge in [0.25, 0.3) is 0 Å². The first kappa shape index (κ1) is 19.1. The highest BCUT2D eigenvalue weighted by Gasteiger charge is 2.33. The molecular weight excluding hydrogens is 410 g/mol. The summed E-state index contributed by atoms with van der Waals surface area (Å²) in [5, 5.41) is 2.76. The maximum atomic E-state index is 12.7. The molecule has 1 aliphatic rings. The number of anilines is 1. The molecule has 0 unspecified atom stereocenters. The summed E-state index contributed by atoms with van der Waals surface area (Å²) in [5.41, 5.74) is 2.57. The van der Waals surface area contributed by atoms with E-state index < -0.39 is 6.03 Å². The molecule has 1 saturated heterocycles. The van der Waals surface area contributed by atoms with E-state index in [1.54, 1.807) is 12.1 Å². The number of urea groups is 1. The lowest BCUT2D eigenvalue weighted by atomic mass is 10.1. The molecule has 2 aromatic carbocycles. The van der Waals surface area contributed by atoms with Gasteiger partial charge in [0.2, 0.25) is 11.8 Å². The van der Waals surface area contributed by atoms with Crippen molar-refractivity contribution in [2.45, 2.75) is 19.9 Å². The monoisotopic (exact) mass is 429 g/mol. The molecular formula is C20H20BrN3O3. The molecule has 1 heterocycles. The molecule has 0 atom stereocenters. The van der Waals surface area contributed by atoms with Crippen molar-refractivity contribution in [3.05, 3.63) is 64.1 Å². The zero-order valence-electron chi connectivity index (χ0n) is 14.9. The quantitative estimate of drug-likeness (QED) is 0.789. The van der Waals surface area contributed by atoms with Gasteiger partial charge < -0.3 is 10.2 Å². The van der Waals surface area contributed by atoms with Crippen LogP contribution in [0.3, 0.4) is 0 Å². The van der Waals surface area contributed by atoms with Gasteiger partial charge in [0.1, 0.15) is 6.54 Å². The van der Waals surface area contributed by atoms with Gasteiger partial charge in [-0.2, -0.15) is 0 Å². The molecule has 1 aliphatic heterocycles. The molecule has 140 valence electrons. The van der Waals surface area contributed by atoms with Crippen LogP contribution in [0.5, 0.6) is 0 Å². The van der Waals surface area contributed by atoms with Crippen LogP contribution in [0.4, 0.5) is 10.5 Å². The number of carbonyl (C=O) groups excluding carboxylic acids is 3. The summed E-state index contributed by atoms with van der Waals surface area (Å²) in [5.74, 6) is -0.514. The number of nitrogens with zero attached hydrogens (tertiary/aromatic N) is 2. The highest BCUT2D eigenvalue weighted by molar-refractivity contribution is 9.10. The van der Waals surface area contributed by atoms with Crippen LogP contribution in [0.25, 0.3) is 0 Å². The van der Waals surface area contributed by atoms with E-state index in [2.05, 4.69) is 21.2 Å². The van der Waals surface area contributed by atoms with Crippen molar-refractivity contribution < 1.29 is 14.4 Å². The minimum Gasteiger partial charge on any atom is -0.325 e. The summed E-state index contributed by atoms with van der Waals surface area (Å²) >= 11 is 3.43. The number of hydrogen-bond donors (Lipinski definition) is 1. The first-order valence-electron chi connectivity index (χ1n) is 8.62. The number of amides is 4. The number of imide groups is 1. The fourth-order valence-corrected chi connectivity index (χ4v) is 3.68. The lowest BCUT2D eigenvalue weighted by molar-refractivity contribution is -0.132. The van der Waals surface area contributed by atoms with Crippen molar-refractivity contribution in [1.29, 1.82) is 0 Å². The Kier molecular flexibility index (Phi) is 5.91. The van der Waals surface area contributed by atoms with E-state index in [0.29, 0.717) is 5.69 Å². The first-order valence-corrected chi connectivity index (χ1v) is 9.42. The smallest absolute Gasteiger partial charge is 0.325 e. The lowest BCUT2D eigenvalue weighted by Crippen LogP contribution is -2.53. The highest BCUT2D eigenvalue weighted by atomic mass is 79.9. The van der Waals surface area contributed by atoms with Crippen molar-refractivity contribution in [2.24, 2.45) is 0 Å². The zero-order valence-corrected chi connectivity index (χ0v) is 16.5. The average molecular weight is 430 g/mol. The maximum absolute atomic E-state index is 12.7. The number of aryl methyl sites for hydroxylation is 1. The predicted molar refractivity (Wildman–Crippen MR) is 106 cm³/mol. The van der Waals surface area contributed by atoms with Crippen molar-refractivity contribution in [3.8, 4) is 0 Å². The van der Waals surface area contributed by atoms with E-state index in [0.717, 1.165) is 15.6 Å². The SMILES string of the molecule is Cc1cc(Br)cc(CN2C(=O)CCN(CC(=O)Nc3ccccc3)C2=O)c1. The molecule has 7 heteroatoms. The minimum absolute atomic E-state index is 0.0883. The van der Waals surface area contributed by atoms with Gasteiger partial charge in [-0.15, -0.1) is 0 Å². The molecule has 0 aromatic heterocycles. The predicted octanol–water partition coefficient (Wildman–Crippen LogP) is 3.55. The zero-order chi connectivity index (χ0) is 19.4. The van der Waals surface area contributed by atoms with Crippen LogP contribution in [0.15, 0.2) is 53.0 Å². The number of benzene rings is 2. The molecule has 3 rings (SSSR count). The number of halogens is 1. The molecule has 0 aliphatic carbocycles. The standard InChI is InChI=1S/C20H20BrN3O3/c1-14-9-15(11-16(21)10-14)12-24-19(26)7-8-23(20(24)27)13-18(25)22-17-5-3-2-4-6-17/h2-6,9-11H,7-8,12-13H2,1H3,(H,22,25). The number of hydrogen-bond acceptors (Lipinski definition) is 3. The van der Waals surface area contributed by atoms with E-state index >= 15 is 0 Å². The molecule has 0 spiro atoms. The molecule has 4 amide bonds. The van der Waals surface area contributed by atoms with E-state index in [1.165, 1.54) is 9.80 Å². The molecule has 1 fully saturated rings. The summed E-state index contributed by atoms with van der Waals surface area (Å²) in [6.07, 6.45) is 0.206. The van der Waals surface area contributed by atoms with Crippen LogP contribution >= 0.6 is 15.9 Å². The molecule has 2 aromatic rings. The minimum atomic E-state index is -0.438. The third kappa shape index (κ3) is 4.95. The van der Waals surface area contributed by atoms with Crippen LogP contribution in [-0.2, 0) is 16.1 Å². The van der Waals surface area contributed by atoms with Crippen LogP contribution in [0, 0.1) is 6.92 Å². The molecule has 0 saturated carbocycles. The van der Waals surface area contributed by atoms with Gasteiger partial charge in [0.15, 0.2) is 0 Å². The van der Waals surface area contributed by atoms with Gasteiger partial charge in [-0.1, -0.05) is 40.2 Å². The second kappa shape index (κ2) is 8.35. The van der Waals surface area contributed by atoms with Gasteiger partial charge in [-0.3, -0.25) is 14.5 Å². The van der Waals surface area contributed by atoms with Gasteiger partial charge in [-0.05, 0) is 42.3 Å². The van der Waals surface area contributed by atoms with Crippen LogP contribution in [0.1, 0.15) is 17.5 Å². The number of rotatable bonds is 5. The van der Waals surface area contributed by atoms with Crippen LogP contribution < -0.4 is 5.32 Å². The average Bonchev–Trinajstić information content (AvgIpc) is 2.61. The molecule has 27 heavy (non-hydrogen) atoms. The summed E-state index contributed by atoms with van der Waals surface area (Å²) in [4.78, 5) is 39.9. The first-order chi connectivity index (χ1) is 12.9. The molecule has 1 N–H and O–H groups in total. The van der Waals surface area contributed by atoms with E-state index in [-0.39, 0.29) is 37.9 Å². The van der Waals surface area contributed by atoms with Gasteiger partial charge >= 0.3 is 6.03 Å². The Balaban J connectivity index is 1.67. The second-order valence-corrected chi connectivity index (χ2v) is 7.40. The van der Waals surface area contributed by atoms with Crippen molar-refractivity contribution in [3.63, 3.8) is 0 Å². The maximum Gasteiger partial charge on any atom is 0.327 e. The topological polar surface area (TPSA) is 69.7 Å². The van der Waals surface area contributed by atoms with Crippen LogP contribution in [0.2, 0.25) is 0 Å². The third-order valence-electron chi connectivity index (χ3n) is 4.23. The Bertz CT molecular complexity index is 850. The lowest BCUT2D eigenvalue weighted by Gasteiger charge is -2.33. The van der Waals surface area contributed by atoms with Crippen molar-refractivity contribution in [1.82, 2.24) is 9.80 Å². The summed E-state index contributed by atoms with van der Waals surface area (Å²) < 4.78 is 0.897. The highest BCUT2D eigenvalue weighted by Crippen LogP contribution is 2.20. The Hall–Kier alpha value is -2.67. The summed E-state index contributed by atoms with van der Waals surface area (Å²) in [6.45, 7) is 2.30. The Labute approximate surface area is 166 Å². The van der Waals surface area contributed by atoms with Crippen molar-refractivity contribution >= 4 is 39.5 Å². The fraction of sp³-hybridized carbons (Fsp3) is 0.250. The number of para-hydroxylation sites is 1. The fourth-order valence-electron chi connectivity index (χ4n) is 3.02. The summed E-state index contributed by atoms with van der Waals surface area (Å²) in [7, 11) is 0. The van der Waals surface area contributed by atoms with E-state index in [1.807, 2.05) is 43.3 Å². The van der Waals surface area contributed by atoms with Gasteiger partial charge in [0, 0.05) is 23.1 Å². The normalized spacial score (nSPS) is 14.4. The van der Waals surface area contributed by atoms with E-state index in [4.69, 9.17) is 0 Å². The number of nitrogens with one attached hydrogen (secondary N) is 1. The van der Waals surface area contributed by atoms with Crippen molar-refractivity contribution in [2.75, 3.05) is 18.4 Å². The number of carbonyl (C=O) groups is 3. The largest absolute Gasteiger partial charge is 0.327 e. The van der Waals surface area contributed by atoms with Gasteiger partial charge in [0.05, 0.1) is 6.54 Å². The Morgan fingerprint density at radius 3 is 2.59 bits per heavy atom.